The lowest BCUT2D eigenvalue weighted by molar-refractivity contribution is -0.139. The number of carbonyl (C=O) groups is 1. The molecule has 0 bridgehead atoms. The topological polar surface area (TPSA) is 114 Å². The molecule has 4 rings (SSSR count). The van der Waals surface area contributed by atoms with Crippen molar-refractivity contribution in [1.29, 1.82) is 0 Å². The third-order valence-electron chi connectivity index (χ3n) is 4.47. The van der Waals surface area contributed by atoms with Crippen LogP contribution in [0.25, 0.3) is 28.6 Å². The Bertz CT molecular complexity index is 1340. The minimum Gasteiger partial charge on any atom is -0.481 e. The van der Waals surface area contributed by atoms with E-state index in [1.165, 1.54) is 24.4 Å². The Morgan fingerprint density at radius 2 is 1.85 bits per heavy atom. The Kier molecular flexibility index (Phi) is 7.49. The van der Waals surface area contributed by atoms with Crippen molar-refractivity contribution in [1.82, 2.24) is 19.5 Å². The Hall–Kier alpha value is -3.15. The molecule has 180 valence electrons. The molecule has 2 N–H and O–H groups in total. The van der Waals surface area contributed by atoms with Crippen LogP contribution in [0.3, 0.4) is 0 Å². The van der Waals surface area contributed by atoms with E-state index in [-0.39, 0.29) is 33.1 Å². The van der Waals surface area contributed by atoms with Crippen LogP contribution in [0.4, 0.5) is 13.2 Å². The largest absolute Gasteiger partial charge is 0.481 e. The van der Waals surface area contributed by atoms with Gasteiger partial charge in [0.15, 0.2) is 5.65 Å². The molecule has 4 aromatic rings. The number of aliphatic hydroxyl groups is 1. The van der Waals surface area contributed by atoms with Crippen LogP contribution < -0.4 is 0 Å². The molecule has 0 radical (unpaired) electrons. The van der Waals surface area contributed by atoms with Gasteiger partial charge in [0.05, 0.1) is 28.1 Å². The summed E-state index contributed by atoms with van der Waals surface area (Å²) in [5.74, 6) is -1.20. The van der Waals surface area contributed by atoms with E-state index >= 15 is 0 Å². The van der Waals surface area contributed by atoms with Gasteiger partial charge in [0.25, 0.3) is 5.89 Å². The summed E-state index contributed by atoms with van der Waals surface area (Å²) in [4.78, 5) is 19.1. The predicted octanol–water partition coefficient (Wildman–Crippen LogP) is 5.91. The molecule has 13 heteroatoms. The maximum absolute atomic E-state index is 13.0. The maximum atomic E-state index is 13.0. The number of pyridine rings is 1. The van der Waals surface area contributed by atoms with Gasteiger partial charge in [0.1, 0.15) is 5.69 Å². The van der Waals surface area contributed by atoms with Crippen molar-refractivity contribution < 1.29 is 32.7 Å². The molecule has 1 atom stereocenters. The van der Waals surface area contributed by atoms with Gasteiger partial charge in [-0.15, -0.1) is 0 Å². The zero-order valence-electron chi connectivity index (χ0n) is 17.6. The first-order valence-corrected chi connectivity index (χ1v) is 10.6. The molecular formula is C21H17Cl2F3N4O4. The van der Waals surface area contributed by atoms with Gasteiger partial charge in [-0.05, 0) is 23.8 Å². The fourth-order valence-electron chi connectivity index (χ4n) is 2.96. The molecule has 3 aromatic heterocycles. The van der Waals surface area contributed by atoms with Crippen LogP contribution in [0.1, 0.15) is 37.5 Å². The number of hydrogen-bond acceptors (Lipinski definition) is 6. The minimum atomic E-state index is -4.58. The highest BCUT2D eigenvalue weighted by atomic mass is 35.5. The molecule has 1 unspecified atom stereocenters. The molecule has 0 saturated carbocycles. The number of imidazole rings is 1. The summed E-state index contributed by atoms with van der Waals surface area (Å²) in [6.07, 6.45) is -4.22. The molecule has 3 heterocycles. The fourth-order valence-corrected chi connectivity index (χ4v) is 3.49. The van der Waals surface area contributed by atoms with E-state index in [1.807, 2.05) is 13.8 Å². The third-order valence-corrected chi connectivity index (χ3v) is 5.06. The summed E-state index contributed by atoms with van der Waals surface area (Å²) >= 11 is 12.2. The molecule has 0 saturated heterocycles. The zero-order valence-corrected chi connectivity index (χ0v) is 19.2. The van der Waals surface area contributed by atoms with E-state index in [0.717, 1.165) is 16.7 Å². The summed E-state index contributed by atoms with van der Waals surface area (Å²) < 4.78 is 45.3. The molecular weight excluding hydrogens is 500 g/mol. The number of alkyl halides is 3. The second kappa shape index (κ2) is 10.00. The lowest BCUT2D eigenvalue weighted by Gasteiger charge is -2.09. The van der Waals surface area contributed by atoms with Gasteiger partial charge in [-0.25, -0.2) is 4.98 Å². The monoisotopic (exact) mass is 516 g/mol. The van der Waals surface area contributed by atoms with Crippen LogP contribution in [0.15, 0.2) is 41.2 Å². The number of aliphatic hydroxyl groups excluding tert-OH is 1. The number of rotatable bonds is 5. The summed E-state index contributed by atoms with van der Waals surface area (Å²) in [6.45, 7) is 4.00. The highest BCUT2D eigenvalue weighted by Gasteiger charge is 2.32. The second-order valence-electron chi connectivity index (χ2n) is 6.71. The van der Waals surface area contributed by atoms with E-state index in [2.05, 4.69) is 15.1 Å². The first kappa shape index (κ1) is 25.5. The van der Waals surface area contributed by atoms with Gasteiger partial charge in [-0.1, -0.05) is 48.3 Å². The Labute approximate surface area is 200 Å². The molecule has 0 aliphatic rings. The van der Waals surface area contributed by atoms with Crippen molar-refractivity contribution in [3.8, 4) is 23.0 Å². The van der Waals surface area contributed by atoms with Crippen molar-refractivity contribution in [3.63, 3.8) is 0 Å². The van der Waals surface area contributed by atoms with Gasteiger partial charge >= 0.3 is 12.1 Å². The number of halogens is 5. The Morgan fingerprint density at radius 3 is 2.47 bits per heavy atom. The number of aromatic nitrogens is 4. The first-order chi connectivity index (χ1) is 16.0. The number of benzene rings is 1. The van der Waals surface area contributed by atoms with Gasteiger partial charge in [-0.3, -0.25) is 4.79 Å². The molecule has 8 nitrogen and oxygen atoms in total. The molecule has 1 aromatic carbocycles. The predicted molar refractivity (Wildman–Crippen MR) is 118 cm³/mol. The fraction of sp³-hybridized carbons (Fsp3) is 0.238. The van der Waals surface area contributed by atoms with E-state index in [4.69, 9.17) is 32.8 Å². The van der Waals surface area contributed by atoms with Crippen molar-refractivity contribution in [3.05, 3.63) is 57.8 Å². The number of nitrogens with zero attached hydrogens (tertiary/aromatic N) is 4. The van der Waals surface area contributed by atoms with Gasteiger partial charge in [0, 0.05) is 18.0 Å². The average molecular weight is 517 g/mol. The van der Waals surface area contributed by atoms with E-state index in [1.54, 1.807) is 0 Å². The third kappa shape index (κ3) is 5.32. The standard InChI is InChI=1S/C19H11Cl2F3N4O4.C2H6/c20-11-3-8(14(29)5-15(30)31)1-2-10(11)16-26-18(32-27-16)13-7-28-6-9(19(22,23)24)4-12(21)17(28)25-13;1-2/h1-4,6-7,14,29H,5H2,(H,30,31);1-2H3. The SMILES string of the molecule is CC.O=C(O)CC(O)c1ccc(-c2noc(-c3cn4cc(C(F)(F)F)cc(Cl)c4n3)n2)c(Cl)c1. The van der Waals surface area contributed by atoms with E-state index in [0.29, 0.717) is 11.1 Å². The number of aliphatic carboxylic acids is 1. The van der Waals surface area contributed by atoms with Gasteiger partial charge in [-0.2, -0.15) is 18.2 Å². The summed E-state index contributed by atoms with van der Waals surface area (Å²) in [5, 5.41) is 22.4. The zero-order chi connectivity index (χ0) is 25.2. The van der Waals surface area contributed by atoms with Crippen LogP contribution in [0.2, 0.25) is 10.0 Å². The quantitative estimate of drug-likeness (QED) is 0.338. The smallest absolute Gasteiger partial charge is 0.417 e. The molecule has 0 amide bonds. The average Bonchev–Trinajstić information content (AvgIpc) is 3.41. The lowest BCUT2D eigenvalue weighted by atomic mass is 10.0. The van der Waals surface area contributed by atoms with Gasteiger partial charge < -0.3 is 19.1 Å². The number of carboxylic acids is 1. The van der Waals surface area contributed by atoms with Crippen molar-refractivity contribution >= 4 is 34.8 Å². The van der Waals surface area contributed by atoms with Crippen molar-refractivity contribution in [2.24, 2.45) is 0 Å². The molecule has 0 aliphatic heterocycles. The lowest BCUT2D eigenvalue weighted by Crippen LogP contribution is -2.06. The van der Waals surface area contributed by atoms with Crippen LogP contribution in [-0.2, 0) is 11.0 Å². The molecule has 34 heavy (non-hydrogen) atoms. The number of fused-ring (bicyclic) bond motifs is 1. The van der Waals surface area contributed by atoms with Crippen LogP contribution in [-0.4, -0.2) is 35.7 Å². The maximum Gasteiger partial charge on any atom is 0.417 e. The minimum absolute atomic E-state index is 0.0587. The summed E-state index contributed by atoms with van der Waals surface area (Å²) in [6, 6.07) is 5.10. The number of carboxylic acid groups (broad SMARTS) is 1. The Balaban J connectivity index is 0.00000158. The summed E-state index contributed by atoms with van der Waals surface area (Å²) in [7, 11) is 0. The molecule has 0 spiro atoms. The van der Waals surface area contributed by atoms with Crippen molar-refractivity contribution in [2.45, 2.75) is 32.5 Å². The Morgan fingerprint density at radius 1 is 1.15 bits per heavy atom. The molecule has 0 fully saturated rings. The van der Waals surface area contributed by atoms with Crippen LogP contribution in [0, 0.1) is 0 Å². The number of hydrogen-bond donors (Lipinski definition) is 2. The van der Waals surface area contributed by atoms with E-state index in [9.17, 15) is 23.1 Å². The summed E-state index contributed by atoms with van der Waals surface area (Å²) in [5.41, 5.74) is -0.157. The normalized spacial score (nSPS) is 12.4. The van der Waals surface area contributed by atoms with Crippen LogP contribution >= 0.6 is 23.2 Å². The second-order valence-corrected chi connectivity index (χ2v) is 7.52. The first-order valence-electron chi connectivity index (χ1n) is 9.82. The van der Waals surface area contributed by atoms with E-state index < -0.39 is 30.2 Å². The highest BCUT2D eigenvalue weighted by molar-refractivity contribution is 6.33. The highest BCUT2D eigenvalue weighted by Crippen LogP contribution is 2.34. The van der Waals surface area contributed by atoms with Crippen molar-refractivity contribution in [2.75, 3.05) is 0 Å². The van der Waals surface area contributed by atoms with Gasteiger partial charge in [0.2, 0.25) is 5.82 Å². The molecule has 0 aliphatic carbocycles. The van der Waals surface area contributed by atoms with Crippen LogP contribution in [0.5, 0.6) is 0 Å².